The Morgan fingerprint density at radius 1 is 1.12 bits per heavy atom. The van der Waals surface area contributed by atoms with Gasteiger partial charge in [-0.15, -0.1) is 0 Å². The van der Waals surface area contributed by atoms with E-state index in [0.717, 1.165) is 74.1 Å². The highest BCUT2D eigenvalue weighted by molar-refractivity contribution is 6.00. The minimum absolute atomic E-state index is 0.121. The van der Waals surface area contributed by atoms with Gasteiger partial charge in [0.05, 0.1) is 5.69 Å². The summed E-state index contributed by atoms with van der Waals surface area (Å²) < 4.78 is 17.7. The van der Waals surface area contributed by atoms with Gasteiger partial charge in [0.1, 0.15) is 6.17 Å². The summed E-state index contributed by atoms with van der Waals surface area (Å²) in [7, 11) is 4.20. The standard InChI is InChI=1S/C28H35FN4O/c1-31(2)13-14-32-15-16-33-25-17-19(28(30)34)11-12-23(25)26(22-9-5-6-10-24(22)29)27(33)21-8-4-3-7-20(21)18-32/h3-4,7-8,11-12,17,22,24H,5-6,9-10,13-16,18H2,1-2H3,(H2,30,34)/t22-,24-/m1/s1. The molecule has 1 aliphatic heterocycles. The first-order valence-electron chi connectivity index (χ1n) is 12.5. The van der Waals surface area contributed by atoms with Crippen LogP contribution in [0, 0.1) is 0 Å². The fourth-order valence-corrected chi connectivity index (χ4v) is 5.82. The maximum absolute atomic E-state index is 15.4. The monoisotopic (exact) mass is 462 g/mol. The second kappa shape index (κ2) is 9.51. The number of hydrogen-bond donors (Lipinski definition) is 1. The highest BCUT2D eigenvalue weighted by Gasteiger charge is 2.34. The molecule has 1 saturated carbocycles. The molecule has 1 aromatic heterocycles. The van der Waals surface area contributed by atoms with E-state index in [1.54, 1.807) is 6.07 Å². The van der Waals surface area contributed by atoms with Crippen LogP contribution in [0.4, 0.5) is 4.39 Å². The summed E-state index contributed by atoms with van der Waals surface area (Å²) in [5, 5.41) is 1.06. The number of carbonyl (C=O) groups is 1. The summed E-state index contributed by atoms with van der Waals surface area (Å²) >= 11 is 0. The lowest BCUT2D eigenvalue weighted by Gasteiger charge is -2.31. The normalized spacial score (nSPS) is 21.2. The summed E-state index contributed by atoms with van der Waals surface area (Å²) in [6.45, 7) is 4.53. The third-order valence-electron chi connectivity index (χ3n) is 7.61. The zero-order valence-corrected chi connectivity index (χ0v) is 20.3. The van der Waals surface area contributed by atoms with E-state index in [2.05, 4.69) is 52.7 Å². The van der Waals surface area contributed by atoms with Crippen molar-refractivity contribution in [2.24, 2.45) is 5.73 Å². The second-order valence-corrected chi connectivity index (χ2v) is 10.2. The van der Waals surface area contributed by atoms with Crippen molar-refractivity contribution in [1.29, 1.82) is 0 Å². The quantitative estimate of drug-likeness (QED) is 0.594. The van der Waals surface area contributed by atoms with Crippen molar-refractivity contribution in [2.45, 2.75) is 50.9 Å². The fraction of sp³-hybridized carbons (Fsp3) is 0.464. The van der Waals surface area contributed by atoms with Gasteiger partial charge in [-0.25, -0.2) is 4.39 Å². The number of fused-ring (bicyclic) bond motifs is 5. The topological polar surface area (TPSA) is 54.5 Å². The molecule has 1 amide bonds. The van der Waals surface area contributed by atoms with Crippen molar-refractivity contribution in [3.8, 4) is 11.3 Å². The highest BCUT2D eigenvalue weighted by Crippen LogP contribution is 2.46. The molecular formula is C28H35FN4O. The van der Waals surface area contributed by atoms with E-state index in [1.807, 2.05) is 12.1 Å². The Bertz CT molecular complexity index is 1200. The molecule has 0 bridgehead atoms. The maximum atomic E-state index is 15.4. The Labute approximate surface area is 201 Å². The fourth-order valence-electron chi connectivity index (χ4n) is 5.82. The average Bonchev–Trinajstić information content (AvgIpc) is 3.12. The molecule has 0 unspecified atom stereocenters. The van der Waals surface area contributed by atoms with Crippen LogP contribution in [0.2, 0.25) is 0 Å². The first kappa shape index (κ1) is 23.1. The molecule has 1 aliphatic carbocycles. The molecule has 1 fully saturated rings. The van der Waals surface area contributed by atoms with E-state index < -0.39 is 12.1 Å². The van der Waals surface area contributed by atoms with Crippen molar-refractivity contribution in [3.05, 3.63) is 59.2 Å². The van der Waals surface area contributed by atoms with Crippen LogP contribution in [0.5, 0.6) is 0 Å². The Morgan fingerprint density at radius 2 is 1.91 bits per heavy atom. The van der Waals surface area contributed by atoms with Crippen LogP contribution in [0.1, 0.15) is 53.1 Å². The maximum Gasteiger partial charge on any atom is 0.248 e. The van der Waals surface area contributed by atoms with Crippen LogP contribution in [-0.2, 0) is 13.1 Å². The number of carbonyl (C=O) groups excluding carboxylic acids is 1. The number of hydrogen-bond acceptors (Lipinski definition) is 3. The molecule has 0 spiro atoms. The predicted molar refractivity (Wildman–Crippen MR) is 136 cm³/mol. The number of aromatic nitrogens is 1. The third-order valence-corrected chi connectivity index (χ3v) is 7.61. The smallest absolute Gasteiger partial charge is 0.248 e. The summed E-state index contributed by atoms with van der Waals surface area (Å²) in [5.74, 6) is -0.553. The van der Waals surface area contributed by atoms with Gasteiger partial charge in [-0.05, 0) is 50.2 Å². The number of likely N-dealkylation sites (N-methyl/N-ethyl adjacent to an activating group) is 1. The predicted octanol–water partition coefficient (Wildman–Crippen LogP) is 4.78. The lowest BCUT2D eigenvalue weighted by Crippen LogP contribution is -2.35. The van der Waals surface area contributed by atoms with E-state index in [0.29, 0.717) is 12.0 Å². The molecule has 0 saturated heterocycles. The van der Waals surface area contributed by atoms with Gasteiger partial charge in [-0.1, -0.05) is 43.2 Å². The van der Waals surface area contributed by atoms with Crippen LogP contribution in [-0.4, -0.2) is 60.2 Å². The largest absolute Gasteiger partial charge is 0.366 e. The molecule has 2 aliphatic rings. The van der Waals surface area contributed by atoms with E-state index in [-0.39, 0.29) is 5.92 Å². The molecule has 34 heavy (non-hydrogen) atoms. The Balaban J connectivity index is 1.73. The number of primary amides is 1. The van der Waals surface area contributed by atoms with Gasteiger partial charge in [0.2, 0.25) is 5.91 Å². The molecule has 2 atom stereocenters. The summed E-state index contributed by atoms with van der Waals surface area (Å²) in [6, 6.07) is 14.3. The van der Waals surface area contributed by atoms with Crippen LogP contribution in [0.15, 0.2) is 42.5 Å². The van der Waals surface area contributed by atoms with Gasteiger partial charge in [0.25, 0.3) is 0 Å². The number of nitrogens with two attached hydrogens (primary N) is 1. The van der Waals surface area contributed by atoms with Gasteiger partial charge < -0.3 is 15.2 Å². The van der Waals surface area contributed by atoms with E-state index in [4.69, 9.17) is 5.73 Å². The van der Waals surface area contributed by atoms with E-state index in [1.165, 1.54) is 11.1 Å². The first-order valence-corrected chi connectivity index (χ1v) is 12.5. The molecule has 5 rings (SSSR count). The van der Waals surface area contributed by atoms with Gasteiger partial charge in [-0.2, -0.15) is 0 Å². The minimum Gasteiger partial charge on any atom is -0.366 e. The van der Waals surface area contributed by atoms with Gasteiger partial charge in [0, 0.05) is 60.7 Å². The molecule has 180 valence electrons. The van der Waals surface area contributed by atoms with Crippen molar-refractivity contribution in [2.75, 3.05) is 33.7 Å². The van der Waals surface area contributed by atoms with Crippen molar-refractivity contribution in [3.63, 3.8) is 0 Å². The van der Waals surface area contributed by atoms with E-state index >= 15 is 4.39 Å². The number of amides is 1. The highest BCUT2D eigenvalue weighted by atomic mass is 19.1. The average molecular weight is 463 g/mol. The number of rotatable bonds is 5. The molecule has 2 heterocycles. The number of nitrogens with zero attached hydrogens (tertiary/aromatic N) is 3. The first-order chi connectivity index (χ1) is 16.4. The Hall–Kier alpha value is -2.70. The molecule has 6 heteroatoms. The molecule has 2 aromatic carbocycles. The number of halogens is 1. The van der Waals surface area contributed by atoms with Crippen LogP contribution >= 0.6 is 0 Å². The Morgan fingerprint density at radius 3 is 2.68 bits per heavy atom. The lowest BCUT2D eigenvalue weighted by molar-refractivity contribution is 0.100. The van der Waals surface area contributed by atoms with Crippen LogP contribution < -0.4 is 5.73 Å². The van der Waals surface area contributed by atoms with Crippen LogP contribution in [0.25, 0.3) is 22.2 Å². The zero-order chi connectivity index (χ0) is 23.8. The second-order valence-electron chi connectivity index (χ2n) is 10.2. The number of benzene rings is 2. The van der Waals surface area contributed by atoms with Crippen LogP contribution in [0.3, 0.4) is 0 Å². The summed E-state index contributed by atoms with van der Waals surface area (Å²) in [4.78, 5) is 16.7. The third kappa shape index (κ3) is 4.25. The molecule has 2 N–H and O–H groups in total. The van der Waals surface area contributed by atoms with Gasteiger partial charge in [0.15, 0.2) is 0 Å². The van der Waals surface area contributed by atoms with Crippen molar-refractivity contribution < 1.29 is 9.18 Å². The molecule has 3 aromatic rings. The van der Waals surface area contributed by atoms with Gasteiger partial charge in [-0.3, -0.25) is 9.69 Å². The number of alkyl halides is 1. The zero-order valence-electron chi connectivity index (χ0n) is 20.3. The van der Waals surface area contributed by atoms with Crippen molar-refractivity contribution in [1.82, 2.24) is 14.4 Å². The van der Waals surface area contributed by atoms with Crippen molar-refractivity contribution >= 4 is 16.8 Å². The molecule has 5 nitrogen and oxygen atoms in total. The summed E-state index contributed by atoms with van der Waals surface area (Å²) in [6.07, 6.45) is 2.65. The SMILES string of the molecule is CN(C)CCN1CCn2c(c([C@@H]3CCCC[C@H]3F)c3ccc(C(N)=O)cc32)-c2ccccc2C1. The molecular weight excluding hydrogens is 427 g/mol. The van der Waals surface area contributed by atoms with Gasteiger partial charge >= 0.3 is 0 Å². The Kier molecular flexibility index (Phi) is 6.45. The lowest BCUT2D eigenvalue weighted by atomic mass is 9.80. The van der Waals surface area contributed by atoms with E-state index in [9.17, 15) is 4.79 Å². The molecule has 0 radical (unpaired) electrons. The minimum atomic E-state index is -0.839. The summed E-state index contributed by atoms with van der Waals surface area (Å²) in [5.41, 5.74) is 11.8.